The number of halogens is 1. The van der Waals surface area contributed by atoms with Crippen molar-refractivity contribution in [3.8, 4) is 11.4 Å². The third-order valence-electron chi connectivity index (χ3n) is 5.91. The molecule has 0 saturated heterocycles. The molecule has 5 rings (SSSR count). The third kappa shape index (κ3) is 4.61. The van der Waals surface area contributed by atoms with Gasteiger partial charge in [0.25, 0.3) is 0 Å². The minimum absolute atomic E-state index is 0.136. The predicted molar refractivity (Wildman–Crippen MR) is 133 cm³/mol. The van der Waals surface area contributed by atoms with E-state index in [0.717, 1.165) is 35.2 Å². The molecule has 7 heteroatoms. The minimum atomic E-state index is -0.545. The van der Waals surface area contributed by atoms with Crippen LogP contribution in [-0.4, -0.2) is 20.7 Å². The number of benzene rings is 3. The van der Waals surface area contributed by atoms with Crippen LogP contribution in [0.5, 0.6) is 0 Å². The Morgan fingerprint density at radius 2 is 1.76 bits per heavy atom. The van der Waals surface area contributed by atoms with Gasteiger partial charge in [0.2, 0.25) is 5.91 Å². The Balaban J connectivity index is 1.51. The lowest BCUT2D eigenvalue weighted by Gasteiger charge is -2.18. The fraction of sp³-hybridized carbons (Fsp3) is 0.222. The molecular weight excluding hydrogens is 447 g/mol. The Labute approximate surface area is 202 Å². The zero-order valence-corrected chi connectivity index (χ0v) is 19.8. The molecule has 1 amide bonds. The van der Waals surface area contributed by atoms with Crippen molar-refractivity contribution < 1.29 is 9.18 Å². The van der Waals surface area contributed by atoms with Gasteiger partial charge in [0.05, 0.1) is 5.56 Å². The van der Waals surface area contributed by atoms with Gasteiger partial charge in [0, 0.05) is 11.7 Å². The third-order valence-corrected chi connectivity index (χ3v) is 7.12. The molecule has 3 aromatic carbocycles. The number of hydrogen-bond acceptors (Lipinski definition) is 4. The molecule has 1 saturated carbocycles. The zero-order valence-electron chi connectivity index (χ0n) is 19.0. The van der Waals surface area contributed by atoms with Crippen LogP contribution in [0.4, 0.5) is 10.1 Å². The van der Waals surface area contributed by atoms with Crippen molar-refractivity contribution in [3.63, 3.8) is 0 Å². The number of rotatable bonds is 7. The van der Waals surface area contributed by atoms with Crippen LogP contribution < -0.4 is 5.32 Å². The molecule has 0 spiro atoms. The molecule has 0 radical (unpaired) electrons. The highest BCUT2D eigenvalue weighted by Gasteiger charge is 2.33. The molecule has 5 nitrogen and oxygen atoms in total. The Bertz CT molecular complexity index is 1330. The summed E-state index contributed by atoms with van der Waals surface area (Å²) in [6, 6.07) is 22.5. The van der Waals surface area contributed by atoms with Crippen LogP contribution in [0.1, 0.15) is 40.8 Å². The Hall–Kier alpha value is -3.45. The van der Waals surface area contributed by atoms with Crippen LogP contribution >= 0.6 is 11.8 Å². The standard InChI is InChI=1S/C27H25FN4OS/c1-17-12-13-18(2)23(16-17)29-26(33)24(19-8-4-3-5-9-19)34-27-31-30-25(32(27)20-14-15-20)21-10-6-7-11-22(21)28/h3-13,16,20,24H,14-15H2,1-2H3,(H,29,33)/t24-/m1/s1. The normalized spacial score (nSPS) is 14.1. The molecular formula is C27H25FN4OS. The molecule has 1 heterocycles. The van der Waals surface area contributed by atoms with Crippen LogP contribution in [0, 0.1) is 19.7 Å². The van der Waals surface area contributed by atoms with Crippen molar-refractivity contribution in [3.05, 3.63) is 95.3 Å². The molecule has 1 fully saturated rings. The topological polar surface area (TPSA) is 59.8 Å². The number of amides is 1. The van der Waals surface area contributed by atoms with E-state index in [1.165, 1.54) is 17.8 Å². The Morgan fingerprint density at radius 1 is 1.03 bits per heavy atom. The molecule has 1 aromatic heterocycles. The van der Waals surface area contributed by atoms with Crippen molar-refractivity contribution >= 4 is 23.4 Å². The van der Waals surface area contributed by atoms with Crippen LogP contribution in [0.25, 0.3) is 11.4 Å². The summed E-state index contributed by atoms with van der Waals surface area (Å²) in [6.07, 6.45) is 1.97. The van der Waals surface area contributed by atoms with Gasteiger partial charge < -0.3 is 5.32 Å². The molecule has 0 bridgehead atoms. The first-order valence-corrected chi connectivity index (χ1v) is 12.2. The lowest BCUT2D eigenvalue weighted by Crippen LogP contribution is -2.20. The van der Waals surface area contributed by atoms with E-state index in [9.17, 15) is 9.18 Å². The van der Waals surface area contributed by atoms with Crippen LogP contribution in [0.2, 0.25) is 0 Å². The number of aromatic nitrogens is 3. The predicted octanol–water partition coefficient (Wildman–Crippen LogP) is 6.51. The number of nitrogens with one attached hydrogen (secondary N) is 1. The molecule has 0 aliphatic heterocycles. The van der Waals surface area contributed by atoms with E-state index in [4.69, 9.17) is 0 Å². The average molecular weight is 473 g/mol. The van der Waals surface area contributed by atoms with E-state index in [2.05, 4.69) is 15.5 Å². The number of carbonyl (C=O) groups is 1. The molecule has 4 aromatic rings. The van der Waals surface area contributed by atoms with Gasteiger partial charge in [-0.3, -0.25) is 9.36 Å². The van der Waals surface area contributed by atoms with Gasteiger partial charge in [-0.25, -0.2) is 4.39 Å². The van der Waals surface area contributed by atoms with Crippen molar-refractivity contribution in [2.45, 2.75) is 43.1 Å². The smallest absolute Gasteiger partial charge is 0.242 e. The summed E-state index contributed by atoms with van der Waals surface area (Å²) in [5.74, 6) is 0.0353. The number of nitrogens with zero attached hydrogens (tertiary/aromatic N) is 3. The molecule has 1 aliphatic rings. The van der Waals surface area contributed by atoms with Gasteiger partial charge in [0.1, 0.15) is 11.1 Å². The fourth-order valence-electron chi connectivity index (χ4n) is 3.92. The second-order valence-corrected chi connectivity index (χ2v) is 9.68. The number of thioether (sulfide) groups is 1. The maximum Gasteiger partial charge on any atom is 0.242 e. The molecule has 1 N–H and O–H groups in total. The fourth-order valence-corrected chi connectivity index (χ4v) is 5.03. The number of anilines is 1. The number of hydrogen-bond donors (Lipinski definition) is 1. The molecule has 172 valence electrons. The highest BCUT2D eigenvalue weighted by atomic mass is 32.2. The van der Waals surface area contributed by atoms with Crippen molar-refractivity contribution in [1.29, 1.82) is 0 Å². The average Bonchev–Trinajstić information content (AvgIpc) is 3.60. The summed E-state index contributed by atoms with van der Waals surface area (Å²) in [7, 11) is 0. The minimum Gasteiger partial charge on any atom is -0.325 e. The lowest BCUT2D eigenvalue weighted by atomic mass is 10.1. The van der Waals surface area contributed by atoms with E-state index in [-0.39, 0.29) is 17.8 Å². The van der Waals surface area contributed by atoms with Gasteiger partial charge in [-0.15, -0.1) is 10.2 Å². The highest BCUT2D eigenvalue weighted by molar-refractivity contribution is 8.00. The number of carbonyl (C=O) groups excluding carboxylic acids is 1. The van der Waals surface area contributed by atoms with E-state index in [1.54, 1.807) is 18.2 Å². The van der Waals surface area contributed by atoms with Gasteiger partial charge >= 0.3 is 0 Å². The van der Waals surface area contributed by atoms with E-state index < -0.39 is 5.25 Å². The summed E-state index contributed by atoms with van der Waals surface area (Å²) >= 11 is 1.35. The van der Waals surface area contributed by atoms with Gasteiger partial charge in [-0.05, 0) is 61.6 Å². The second kappa shape index (κ2) is 9.43. The van der Waals surface area contributed by atoms with Gasteiger partial charge in [-0.2, -0.15) is 0 Å². The summed E-state index contributed by atoms with van der Waals surface area (Å²) in [5, 5.41) is 11.9. The quantitative estimate of drug-likeness (QED) is 0.312. The molecule has 0 unspecified atom stereocenters. The second-order valence-electron chi connectivity index (χ2n) is 8.60. The Morgan fingerprint density at radius 3 is 2.50 bits per heavy atom. The van der Waals surface area contributed by atoms with Crippen molar-refractivity contribution in [1.82, 2.24) is 14.8 Å². The molecule has 1 aliphatic carbocycles. The van der Waals surface area contributed by atoms with Crippen LogP contribution in [-0.2, 0) is 4.79 Å². The monoisotopic (exact) mass is 472 g/mol. The highest BCUT2D eigenvalue weighted by Crippen LogP contribution is 2.44. The Kier molecular flexibility index (Phi) is 6.20. The molecule has 1 atom stereocenters. The first kappa shape index (κ1) is 22.3. The van der Waals surface area contributed by atoms with E-state index in [0.29, 0.717) is 16.5 Å². The van der Waals surface area contributed by atoms with Crippen LogP contribution in [0.15, 0.2) is 78.0 Å². The maximum absolute atomic E-state index is 14.6. The largest absolute Gasteiger partial charge is 0.325 e. The summed E-state index contributed by atoms with van der Waals surface area (Å²) in [6.45, 7) is 3.98. The first-order chi connectivity index (χ1) is 16.5. The van der Waals surface area contributed by atoms with E-state index in [1.807, 2.05) is 66.9 Å². The summed E-state index contributed by atoms with van der Waals surface area (Å²) in [4.78, 5) is 13.6. The van der Waals surface area contributed by atoms with E-state index >= 15 is 0 Å². The van der Waals surface area contributed by atoms with Gasteiger partial charge in [-0.1, -0.05) is 66.4 Å². The lowest BCUT2D eigenvalue weighted by molar-refractivity contribution is -0.115. The SMILES string of the molecule is Cc1ccc(C)c(NC(=O)[C@H](Sc2nnc(-c3ccccc3F)n2C2CC2)c2ccccc2)c1. The van der Waals surface area contributed by atoms with Gasteiger partial charge in [0.15, 0.2) is 11.0 Å². The van der Waals surface area contributed by atoms with Crippen molar-refractivity contribution in [2.75, 3.05) is 5.32 Å². The maximum atomic E-state index is 14.6. The summed E-state index contributed by atoms with van der Waals surface area (Å²) in [5.41, 5.74) is 4.16. The summed E-state index contributed by atoms with van der Waals surface area (Å²) < 4.78 is 16.6. The zero-order chi connectivity index (χ0) is 23.7. The molecule has 34 heavy (non-hydrogen) atoms. The first-order valence-electron chi connectivity index (χ1n) is 11.3. The van der Waals surface area contributed by atoms with Crippen LogP contribution in [0.3, 0.4) is 0 Å². The number of aryl methyl sites for hydroxylation is 2. The van der Waals surface area contributed by atoms with Crippen molar-refractivity contribution in [2.24, 2.45) is 0 Å².